The molecule has 126 valence electrons. The summed E-state index contributed by atoms with van der Waals surface area (Å²) in [4.78, 5) is 26.4. The lowest BCUT2D eigenvalue weighted by Crippen LogP contribution is -2.51. The molecule has 2 heterocycles. The largest absolute Gasteiger partial charge is 0.338 e. The molecule has 5 nitrogen and oxygen atoms in total. The summed E-state index contributed by atoms with van der Waals surface area (Å²) in [5.74, 6) is 0.929. The van der Waals surface area contributed by atoms with Crippen molar-refractivity contribution in [3.8, 4) is 0 Å². The van der Waals surface area contributed by atoms with Crippen LogP contribution in [0.15, 0.2) is 52.1 Å². The number of carbonyl (C=O) groups excluding carboxylic acids is 1. The highest BCUT2D eigenvalue weighted by Gasteiger charge is 2.26. The Bertz CT molecular complexity index is 675. The molecule has 1 aliphatic heterocycles. The quantitative estimate of drug-likeness (QED) is 0.730. The van der Waals surface area contributed by atoms with Crippen LogP contribution in [0.3, 0.4) is 0 Å². The van der Waals surface area contributed by atoms with E-state index in [0.29, 0.717) is 13.1 Å². The van der Waals surface area contributed by atoms with Crippen LogP contribution >= 0.6 is 27.7 Å². The summed E-state index contributed by atoms with van der Waals surface area (Å²) in [6, 6.07) is 9.87. The zero-order valence-corrected chi connectivity index (χ0v) is 15.8. The predicted molar refractivity (Wildman–Crippen MR) is 100 cm³/mol. The molecule has 0 radical (unpaired) electrons. The van der Waals surface area contributed by atoms with Gasteiger partial charge in [-0.05, 0) is 37.3 Å². The number of hydrogen-bond donors (Lipinski definition) is 0. The van der Waals surface area contributed by atoms with Crippen LogP contribution in [0.2, 0.25) is 0 Å². The lowest BCUT2D eigenvalue weighted by Gasteiger charge is -2.35. The van der Waals surface area contributed by atoms with Crippen molar-refractivity contribution < 1.29 is 4.79 Å². The van der Waals surface area contributed by atoms with Gasteiger partial charge in [-0.1, -0.05) is 15.9 Å². The average Bonchev–Trinajstić information content (AvgIpc) is 2.64. The summed E-state index contributed by atoms with van der Waals surface area (Å²) in [5.41, 5.74) is 0. The fraction of sp³-hybridized carbons (Fsp3) is 0.353. The molecule has 0 N–H and O–H groups in total. The van der Waals surface area contributed by atoms with Crippen LogP contribution in [0.25, 0.3) is 0 Å². The van der Waals surface area contributed by atoms with Gasteiger partial charge in [-0.3, -0.25) is 4.79 Å². The molecule has 1 saturated heterocycles. The van der Waals surface area contributed by atoms with E-state index in [9.17, 15) is 4.79 Å². The smallest absolute Gasteiger partial charge is 0.235 e. The Balaban J connectivity index is 1.53. The molecular weight excluding hydrogens is 388 g/mol. The number of hydrogen-bond acceptors (Lipinski definition) is 5. The van der Waals surface area contributed by atoms with E-state index >= 15 is 0 Å². The lowest BCUT2D eigenvalue weighted by molar-refractivity contribution is -0.130. The fourth-order valence-corrected chi connectivity index (χ4v) is 3.82. The van der Waals surface area contributed by atoms with Gasteiger partial charge in [0.05, 0.1) is 5.25 Å². The van der Waals surface area contributed by atoms with Crippen molar-refractivity contribution in [3.63, 3.8) is 0 Å². The molecule has 0 saturated carbocycles. The molecule has 1 aliphatic rings. The number of piperazine rings is 1. The number of aromatic nitrogens is 2. The first-order chi connectivity index (χ1) is 11.6. The molecule has 1 aromatic heterocycles. The minimum absolute atomic E-state index is 0.0919. The van der Waals surface area contributed by atoms with Crippen LogP contribution in [-0.2, 0) is 4.79 Å². The van der Waals surface area contributed by atoms with Gasteiger partial charge in [0.1, 0.15) is 0 Å². The van der Waals surface area contributed by atoms with E-state index in [1.807, 2.05) is 42.2 Å². The van der Waals surface area contributed by atoms with E-state index in [1.54, 1.807) is 24.2 Å². The van der Waals surface area contributed by atoms with Crippen LogP contribution in [0.1, 0.15) is 6.92 Å². The third-order valence-electron chi connectivity index (χ3n) is 3.90. The number of carbonyl (C=O) groups is 1. The Morgan fingerprint density at radius 2 is 1.75 bits per heavy atom. The molecule has 7 heteroatoms. The van der Waals surface area contributed by atoms with Gasteiger partial charge in [0.25, 0.3) is 0 Å². The van der Waals surface area contributed by atoms with E-state index < -0.39 is 0 Å². The Morgan fingerprint density at radius 1 is 1.12 bits per heavy atom. The molecule has 1 aromatic carbocycles. The van der Waals surface area contributed by atoms with Gasteiger partial charge in [0.15, 0.2) is 0 Å². The molecule has 0 bridgehead atoms. The van der Waals surface area contributed by atoms with Gasteiger partial charge in [-0.15, -0.1) is 11.8 Å². The number of nitrogens with zero attached hydrogens (tertiary/aromatic N) is 4. The van der Waals surface area contributed by atoms with Gasteiger partial charge in [0, 0.05) is 47.9 Å². The molecule has 24 heavy (non-hydrogen) atoms. The van der Waals surface area contributed by atoms with Crippen LogP contribution in [0, 0.1) is 0 Å². The molecule has 3 rings (SSSR count). The summed E-state index contributed by atoms with van der Waals surface area (Å²) in [6.07, 6.45) is 3.49. The van der Waals surface area contributed by atoms with Crippen molar-refractivity contribution in [3.05, 3.63) is 47.2 Å². The Labute approximate surface area is 154 Å². The van der Waals surface area contributed by atoms with Crippen molar-refractivity contribution in [2.75, 3.05) is 31.1 Å². The van der Waals surface area contributed by atoms with Crippen LogP contribution < -0.4 is 4.90 Å². The monoisotopic (exact) mass is 406 g/mol. The number of rotatable bonds is 4. The topological polar surface area (TPSA) is 49.3 Å². The van der Waals surface area contributed by atoms with E-state index in [4.69, 9.17) is 0 Å². The summed E-state index contributed by atoms with van der Waals surface area (Å²) in [5, 5.41) is -0.0919. The number of halogens is 1. The predicted octanol–water partition coefficient (Wildman–Crippen LogP) is 3.07. The van der Waals surface area contributed by atoms with Gasteiger partial charge >= 0.3 is 0 Å². The molecule has 1 unspecified atom stereocenters. The fourth-order valence-electron chi connectivity index (χ4n) is 2.61. The maximum absolute atomic E-state index is 12.7. The SMILES string of the molecule is CC(Sc1ccc(Br)cc1)C(=O)N1CCN(c2ncccn2)CC1. The summed E-state index contributed by atoms with van der Waals surface area (Å²) < 4.78 is 1.05. The molecule has 0 spiro atoms. The second-order valence-corrected chi connectivity index (χ2v) is 7.91. The Kier molecular flexibility index (Phi) is 5.73. The van der Waals surface area contributed by atoms with Gasteiger partial charge in [-0.2, -0.15) is 0 Å². The zero-order valence-electron chi connectivity index (χ0n) is 13.4. The first-order valence-electron chi connectivity index (χ1n) is 7.86. The third kappa shape index (κ3) is 4.27. The third-order valence-corrected chi connectivity index (χ3v) is 5.53. The van der Waals surface area contributed by atoms with E-state index in [-0.39, 0.29) is 11.2 Å². The maximum Gasteiger partial charge on any atom is 0.235 e. The second kappa shape index (κ2) is 7.98. The van der Waals surface area contributed by atoms with Gasteiger partial charge in [0.2, 0.25) is 11.9 Å². The number of anilines is 1. The van der Waals surface area contributed by atoms with Crippen molar-refractivity contribution in [1.29, 1.82) is 0 Å². The van der Waals surface area contributed by atoms with Crippen molar-refractivity contribution in [2.24, 2.45) is 0 Å². The van der Waals surface area contributed by atoms with Gasteiger partial charge < -0.3 is 9.80 Å². The van der Waals surface area contributed by atoms with E-state index in [0.717, 1.165) is 28.4 Å². The standard InChI is InChI=1S/C17H19BrN4OS/c1-13(24-15-5-3-14(18)4-6-15)16(23)21-9-11-22(12-10-21)17-19-7-2-8-20-17/h2-8,13H,9-12H2,1H3. The first-order valence-corrected chi connectivity index (χ1v) is 9.54. The number of thioether (sulfide) groups is 1. The molecule has 1 atom stereocenters. The number of amides is 1. The van der Waals surface area contributed by atoms with Gasteiger partial charge in [-0.25, -0.2) is 9.97 Å². The first kappa shape index (κ1) is 17.2. The summed E-state index contributed by atoms with van der Waals surface area (Å²) in [6.45, 7) is 4.93. The lowest BCUT2D eigenvalue weighted by atomic mass is 10.3. The molecule has 1 fully saturated rings. The molecular formula is C17H19BrN4OS. The normalized spacial score (nSPS) is 16.1. The molecule has 0 aliphatic carbocycles. The Morgan fingerprint density at radius 3 is 2.38 bits per heavy atom. The summed E-state index contributed by atoms with van der Waals surface area (Å²) >= 11 is 5.03. The minimum atomic E-state index is -0.0919. The average molecular weight is 407 g/mol. The van der Waals surface area contributed by atoms with Crippen molar-refractivity contribution in [1.82, 2.24) is 14.9 Å². The molecule has 2 aromatic rings. The second-order valence-electron chi connectivity index (χ2n) is 5.58. The summed E-state index contributed by atoms with van der Waals surface area (Å²) in [7, 11) is 0. The Hall–Kier alpha value is -1.60. The zero-order chi connectivity index (χ0) is 16.9. The van der Waals surface area contributed by atoms with E-state index in [2.05, 4.69) is 30.8 Å². The van der Waals surface area contributed by atoms with Crippen LogP contribution in [-0.4, -0.2) is 52.2 Å². The molecule has 1 amide bonds. The van der Waals surface area contributed by atoms with Crippen molar-refractivity contribution in [2.45, 2.75) is 17.1 Å². The highest BCUT2D eigenvalue weighted by Crippen LogP contribution is 2.26. The van der Waals surface area contributed by atoms with E-state index in [1.165, 1.54) is 0 Å². The number of benzene rings is 1. The van der Waals surface area contributed by atoms with Crippen LogP contribution in [0.5, 0.6) is 0 Å². The van der Waals surface area contributed by atoms with Crippen molar-refractivity contribution >= 4 is 39.5 Å². The highest BCUT2D eigenvalue weighted by molar-refractivity contribution is 9.10. The van der Waals surface area contributed by atoms with Crippen LogP contribution in [0.4, 0.5) is 5.95 Å². The minimum Gasteiger partial charge on any atom is -0.338 e. The highest BCUT2D eigenvalue weighted by atomic mass is 79.9. The maximum atomic E-state index is 12.7.